The minimum atomic E-state index is 0.168. The van der Waals surface area contributed by atoms with Crippen molar-refractivity contribution in [3.8, 4) is 0 Å². The van der Waals surface area contributed by atoms with Gasteiger partial charge in [0.05, 0.1) is 0 Å². The fourth-order valence-corrected chi connectivity index (χ4v) is 3.70. The number of likely N-dealkylation sites (N-methyl/N-ethyl adjacent to an activating group) is 2. The van der Waals surface area contributed by atoms with Crippen molar-refractivity contribution in [2.24, 2.45) is 17.4 Å². The predicted octanol–water partition coefficient (Wildman–Crippen LogP) is -0.448. The standard InChI is InChI=1S/C17H40N6/c1-4-22-17(13-20-10-11-23(2)3)12-16(21-14-17)15(7-9-19)6-5-8-18/h15-16,20-22H,4-14,18-19H2,1-3H3. The van der Waals surface area contributed by atoms with Gasteiger partial charge in [-0.05, 0) is 65.3 Å². The van der Waals surface area contributed by atoms with Crippen LogP contribution in [0.15, 0.2) is 0 Å². The molecule has 0 radical (unpaired) electrons. The molecule has 7 N–H and O–H groups in total. The van der Waals surface area contributed by atoms with Gasteiger partial charge >= 0.3 is 0 Å². The molecule has 0 aliphatic carbocycles. The summed E-state index contributed by atoms with van der Waals surface area (Å²) >= 11 is 0. The van der Waals surface area contributed by atoms with Gasteiger partial charge in [0.25, 0.3) is 0 Å². The predicted molar refractivity (Wildman–Crippen MR) is 99.7 cm³/mol. The minimum Gasteiger partial charge on any atom is -0.330 e. The van der Waals surface area contributed by atoms with Gasteiger partial charge in [0, 0.05) is 37.8 Å². The van der Waals surface area contributed by atoms with Crippen LogP contribution in [0.25, 0.3) is 0 Å². The Morgan fingerprint density at radius 2 is 2.04 bits per heavy atom. The van der Waals surface area contributed by atoms with Crippen LogP contribution in [0.5, 0.6) is 0 Å². The van der Waals surface area contributed by atoms with Crippen molar-refractivity contribution in [2.45, 2.75) is 44.2 Å². The van der Waals surface area contributed by atoms with Crippen LogP contribution in [-0.2, 0) is 0 Å². The molecule has 6 nitrogen and oxygen atoms in total. The molecule has 1 rings (SSSR count). The van der Waals surface area contributed by atoms with Crippen LogP contribution in [0.3, 0.4) is 0 Å². The second kappa shape index (κ2) is 11.3. The maximum absolute atomic E-state index is 5.83. The Morgan fingerprint density at radius 3 is 2.65 bits per heavy atom. The van der Waals surface area contributed by atoms with E-state index >= 15 is 0 Å². The normalized spacial score (nSPS) is 26.1. The van der Waals surface area contributed by atoms with Gasteiger partial charge in [-0.25, -0.2) is 0 Å². The van der Waals surface area contributed by atoms with E-state index in [1.165, 1.54) is 12.8 Å². The third kappa shape index (κ3) is 7.45. The fraction of sp³-hybridized carbons (Fsp3) is 1.00. The SMILES string of the molecule is CCNC1(CNCCN(C)C)CNC(C(CCN)CCCN)C1. The van der Waals surface area contributed by atoms with Gasteiger partial charge in [0.1, 0.15) is 0 Å². The van der Waals surface area contributed by atoms with Crippen molar-refractivity contribution >= 4 is 0 Å². The van der Waals surface area contributed by atoms with Crippen LogP contribution in [0.2, 0.25) is 0 Å². The summed E-state index contributed by atoms with van der Waals surface area (Å²) in [7, 11) is 4.23. The number of nitrogens with two attached hydrogens (primary N) is 2. The molecule has 1 heterocycles. The van der Waals surface area contributed by atoms with Crippen molar-refractivity contribution in [2.75, 3.05) is 59.9 Å². The molecule has 23 heavy (non-hydrogen) atoms. The lowest BCUT2D eigenvalue weighted by atomic mass is 9.85. The molecule has 1 aliphatic rings. The van der Waals surface area contributed by atoms with Crippen LogP contribution in [0.4, 0.5) is 0 Å². The highest BCUT2D eigenvalue weighted by atomic mass is 15.1. The molecule has 0 spiro atoms. The summed E-state index contributed by atoms with van der Waals surface area (Å²) in [5.74, 6) is 0.644. The lowest BCUT2D eigenvalue weighted by Gasteiger charge is -2.31. The van der Waals surface area contributed by atoms with Crippen molar-refractivity contribution < 1.29 is 0 Å². The van der Waals surface area contributed by atoms with Crippen LogP contribution in [0.1, 0.15) is 32.6 Å². The molecular weight excluding hydrogens is 288 g/mol. The Bertz CT molecular complexity index is 299. The zero-order chi connectivity index (χ0) is 17.1. The summed E-state index contributed by atoms with van der Waals surface area (Å²) in [6.07, 6.45) is 4.54. The number of nitrogens with zero attached hydrogens (tertiary/aromatic N) is 1. The highest BCUT2D eigenvalue weighted by Crippen LogP contribution is 2.28. The molecular formula is C17H40N6. The van der Waals surface area contributed by atoms with Gasteiger partial charge in [0.15, 0.2) is 0 Å². The van der Waals surface area contributed by atoms with Crippen LogP contribution < -0.4 is 27.4 Å². The van der Waals surface area contributed by atoms with Crippen molar-refractivity contribution in [1.82, 2.24) is 20.9 Å². The van der Waals surface area contributed by atoms with Crippen LogP contribution in [0, 0.1) is 5.92 Å². The third-order valence-corrected chi connectivity index (χ3v) is 4.95. The molecule has 6 heteroatoms. The molecule has 0 bridgehead atoms. The van der Waals surface area contributed by atoms with Gasteiger partial charge in [-0.3, -0.25) is 0 Å². The Hall–Kier alpha value is -0.240. The number of nitrogens with one attached hydrogen (secondary N) is 3. The quantitative estimate of drug-likeness (QED) is 0.294. The average Bonchev–Trinajstić information content (AvgIpc) is 2.92. The number of hydrogen-bond acceptors (Lipinski definition) is 6. The Morgan fingerprint density at radius 1 is 1.26 bits per heavy atom. The first-order valence-corrected chi connectivity index (χ1v) is 9.31. The fourth-order valence-electron chi connectivity index (χ4n) is 3.70. The molecule has 3 unspecified atom stereocenters. The lowest BCUT2D eigenvalue weighted by molar-refractivity contribution is 0.295. The highest BCUT2D eigenvalue weighted by Gasteiger charge is 2.40. The first-order valence-electron chi connectivity index (χ1n) is 9.31. The van der Waals surface area contributed by atoms with E-state index in [9.17, 15) is 0 Å². The van der Waals surface area contributed by atoms with Gasteiger partial charge < -0.3 is 32.3 Å². The third-order valence-electron chi connectivity index (χ3n) is 4.95. The van der Waals surface area contributed by atoms with E-state index in [0.29, 0.717) is 12.0 Å². The van der Waals surface area contributed by atoms with E-state index in [0.717, 1.165) is 58.7 Å². The van der Waals surface area contributed by atoms with E-state index < -0.39 is 0 Å². The Balaban J connectivity index is 2.53. The van der Waals surface area contributed by atoms with E-state index in [-0.39, 0.29) is 5.54 Å². The average molecular weight is 329 g/mol. The molecule has 1 aliphatic heterocycles. The molecule has 1 fully saturated rings. The lowest BCUT2D eigenvalue weighted by Crippen LogP contribution is -2.54. The second-order valence-electron chi connectivity index (χ2n) is 7.25. The maximum atomic E-state index is 5.83. The largest absolute Gasteiger partial charge is 0.330 e. The Labute approximate surface area is 143 Å². The van der Waals surface area contributed by atoms with E-state index in [1.54, 1.807) is 0 Å². The zero-order valence-corrected chi connectivity index (χ0v) is 15.5. The molecule has 138 valence electrons. The highest BCUT2D eigenvalue weighted by molar-refractivity contribution is 5.03. The summed E-state index contributed by atoms with van der Waals surface area (Å²) in [5.41, 5.74) is 11.7. The maximum Gasteiger partial charge on any atom is 0.0447 e. The summed E-state index contributed by atoms with van der Waals surface area (Å²) in [6.45, 7) is 8.90. The molecule has 0 aromatic heterocycles. The molecule has 0 aromatic rings. The van der Waals surface area contributed by atoms with Crippen LogP contribution >= 0.6 is 0 Å². The summed E-state index contributed by atoms with van der Waals surface area (Å²) in [5, 5.41) is 11.1. The van der Waals surface area contributed by atoms with Gasteiger partial charge in [-0.15, -0.1) is 0 Å². The first-order chi connectivity index (χ1) is 11.1. The van der Waals surface area contributed by atoms with E-state index in [1.807, 2.05) is 0 Å². The van der Waals surface area contributed by atoms with Gasteiger partial charge in [-0.2, -0.15) is 0 Å². The zero-order valence-electron chi connectivity index (χ0n) is 15.5. The van der Waals surface area contributed by atoms with Gasteiger partial charge in [0.2, 0.25) is 0 Å². The summed E-state index contributed by atoms with van der Waals surface area (Å²) in [4.78, 5) is 2.22. The monoisotopic (exact) mass is 328 g/mol. The molecule has 0 amide bonds. The summed E-state index contributed by atoms with van der Waals surface area (Å²) in [6, 6.07) is 0.555. The molecule has 3 atom stereocenters. The number of rotatable bonds is 13. The van der Waals surface area contributed by atoms with Crippen molar-refractivity contribution in [3.63, 3.8) is 0 Å². The topological polar surface area (TPSA) is 91.4 Å². The molecule has 0 saturated carbocycles. The first kappa shape index (κ1) is 20.8. The molecule has 1 saturated heterocycles. The van der Waals surface area contributed by atoms with Crippen molar-refractivity contribution in [1.29, 1.82) is 0 Å². The van der Waals surface area contributed by atoms with E-state index in [4.69, 9.17) is 11.5 Å². The summed E-state index contributed by atoms with van der Waals surface area (Å²) < 4.78 is 0. The number of hydrogen-bond donors (Lipinski definition) is 5. The molecule has 0 aromatic carbocycles. The smallest absolute Gasteiger partial charge is 0.0447 e. The second-order valence-corrected chi connectivity index (χ2v) is 7.25. The van der Waals surface area contributed by atoms with Crippen molar-refractivity contribution in [3.05, 3.63) is 0 Å². The van der Waals surface area contributed by atoms with E-state index in [2.05, 4.69) is 41.9 Å². The Kier molecular flexibility index (Phi) is 10.3. The minimum absolute atomic E-state index is 0.168. The van der Waals surface area contributed by atoms with Crippen LogP contribution in [-0.4, -0.2) is 76.4 Å². The van der Waals surface area contributed by atoms with Gasteiger partial charge in [-0.1, -0.05) is 6.92 Å².